The van der Waals surface area contributed by atoms with Crippen LogP contribution in [-0.4, -0.2) is 44.0 Å². The Morgan fingerprint density at radius 2 is 2.05 bits per heavy atom. The van der Waals surface area contributed by atoms with E-state index in [1.54, 1.807) is 6.92 Å². The monoisotopic (exact) mass is 348 g/mol. The van der Waals surface area contributed by atoms with E-state index in [-0.39, 0.29) is 16.1 Å². The number of thioether (sulfide) groups is 1. The molecule has 0 heterocycles. The van der Waals surface area contributed by atoms with Crippen molar-refractivity contribution in [2.45, 2.75) is 50.4 Å². The van der Waals surface area contributed by atoms with Gasteiger partial charge < -0.3 is 9.47 Å². The van der Waals surface area contributed by atoms with E-state index in [1.165, 1.54) is 0 Å². The molecule has 0 amide bonds. The topological polar surface area (TPSA) is 35.5 Å². The number of alkyl halides is 3. The van der Waals surface area contributed by atoms with Crippen molar-refractivity contribution >= 4 is 43.9 Å². The van der Waals surface area contributed by atoms with Crippen LogP contribution >= 0.6 is 24.0 Å². The Labute approximate surface area is 128 Å². The van der Waals surface area contributed by atoms with Crippen LogP contribution in [0, 0.1) is 0 Å². The SMILES string of the molecule is CCOC(=S)SC(C[SiH2]C)CC(OC(C)=O)C(F)(F)F. The molecule has 0 bridgehead atoms. The number of carbonyl (C=O) groups excluding carboxylic acids is 1. The zero-order valence-corrected chi connectivity index (χ0v) is 14.7. The molecule has 0 fully saturated rings. The maximum atomic E-state index is 12.8. The van der Waals surface area contributed by atoms with Crippen molar-refractivity contribution in [2.24, 2.45) is 0 Å². The Bertz CT molecular complexity index is 327. The summed E-state index contributed by atoms with van der Waals surface area (Å²) in [5.74, 6) is -0.933. The van der Waals surface area contributed by atoms with Crippen LogP contribution < -0.4 is 0 Å². The van der Waals surface area contributed by atoms with E-state index in [0.29, 0.717) is 12.7 Å². The van der Waals surface area contributed by atoms with Gasteiger partial charge in [0.25, 0.3) is 0 Å². The van der Waals surface area contributed by atoms with Gasteiger partial charge in [-0.05, 0) is 19.1 Å². The zero-order valence-electron chi connectivity index (χ0n) is 11.7. The van der Waals surface area contributed by atoms with Gasteiger partial charge in [0.05, 0.1) is 6.61 Å². The summed E-state index contributed by atoms with van der Waals surface area (Å²) in [6, 6.07) is 0.672. The molecule has 0 spiro atoms. The van der Waals surface area contributed by atoms with Gasteiger partial charge in [0, 0.05) is 28.1 Å². The molecule has 3 nitrogen and oxygen atoms in total. The summed E-state index contributed by atoms with van der Waals surface area (Å²) in [5.41, 5.74) is 0. The first-order valence-corrected chi connectivity index (χ1v) is 9.98. The normalized spacial score (nSPS) is 15.1. The van der Waals surface area contributed by atoms with Crippen LogP contribution in [-0.2, 0) is 14.3 Å². The summed E-state index contributed by atoms with van der Waals surface area (Å²) in [5, 5.41) is -0.336. The van der Waals surface area contributed by atoms with Crippen molar-refractivity contribution in [3.63, 3.8) is 0 Å². The second-order valence-corrected chi connectivity index (χ2v) is 7.57. The lowest BCUT2D eigenvalue weighted by Gasteiger charge is -2.24. The van der Waals surface area contributed by atoms with E-state index in [1.807, 2.05) is 6.55 Å². The van der Waals surface area contributed by atoms with E-state index >= 15 is 0 Å². The third kappa shape index (κ3) is 8.80. The number of esters is 1. The van der Waals surface area contributed by atoms with E-state index in [9.17, 15) is 18.0 Å². The summed E-state index contributed by atoms with van der Waals surface area (Å²) < 4.78 is 48.2. The number of carbonyl (C=O) groups is 1. The molecule has 0 saturated heterocycles. The van der Waals surface area contributed by atoms with Gasteiger partial charge in [-0.3, -0.25) is 4.79 Å². The van der Waals surface area contributed by atoms with Gasteiger partial charge >= 0.3 is 12.1 Å². The van der Waals surface area contributed by atoms with Crippen molar-refractivity contribution < 1.29 is 27.4 Å². The first-order chi connectivity index (χ1) is 9.20. The maximum absolute atomic E-state index is 12.8. The first-order valence-electron chi connectivity index (χ1n) is 6.28. The molecule has 118 valence electrons. The minimum atomic E-state index is -4.56. The molecule has 0 aliphatic heterocycles. The Morgan fingerprint density at radius 3 is 2.45 bits per heavy atom. The average molecular weight is 348 g/mol. The summed E-state index contributed by atoms with van der Waals surface area (Å²) in [7, 11) is -0.448. The van der Waals surface area contributed by atoms with Gasteiger partial charge in [-0.1, -0.05) is 24.4 Å². The highest BCUT2D eigenvalue weighted by Gasteiger charge is 2.43. The van der Waals surface area contributed by atoms with Gasteiger partial charge in [0.2, 0.25) is 4.38 Å². The largest absolute Gasteiger partial charge is 0.479 e. The second-order valence-electron chi connectivity index (χ2n) is 4.09. The molecule has 9 heteroatoms. The van der Waals surface area contributed by atoms with Crippen LogP contribution in [0.3, 0.4) is 0 Å². The maximum Gasteiger partial charge on any atom is 0.425 e. The van der Waals surface area contributed by atoms with E-state index in [4.69, 9.17) is 17.0 Å². The standard InChI is InChI=1S/C11H19F3O3S2Si/c1-4-16-10(18)19-8(6-20-3)5-9(11(12,13)14)17-7(2)15/h8-9H,4-6,20H2,1-3H3. The lowest BCUT2D eigenvalue weighted by Crippen LogP contribution is -2.36. The van der Waals surface area contributed by atoms with Crippen molar-refractivity contribution in [2.75, 3.05) is 6.61 Å². The van der Waals surface area contributed by atoms with Crippen LogP contribution in [0.15, 0.2) is 0 Å². The number of halogens is 3. The highest BCUT2D eigenvalue weighted by molar-refractivity contribution is 8.23. The minimum absolute atomic E-state index is 0.240. The van der Waals surface area contributed by atoms with E-state index in [2.05, 4.69) is 4.74 Å². The summed E-state index contributed by atoms with van der Waals surface area (Å²) in [6.45, 7) is 5.12. The van der Waals surface area contributed by atoms with Gasteiger partial charge in [-0.2, -0.15) is 13.2 Å². The average Bonchev–Trinajstić information content (AvgIpc) is 2.26. The quantitative estimate of drug-likeness (QED) is 0.402. The summed E-state index contributed by atoms with van der Waals surface area (Å²) in [6.07, 6.45) is -6.93. The van der Waals surface area contributed by atoms with E-state index < -0.39 is 27.8 Å². The Hall–Kier alpha value is -0.283. The van der Waals surface area contributed by atoms with Crippen molar-refractivity contribution in [3.05, 3.63) is 0 Å². The second kappa shape index (κ2) is 9.62. The molecule has 0 N–H and O–H groups in total. The van der Waals surface area contributed by atoms with Crippen LogP contribution in [0.2, 0.25) is 12.6 Å². The molecule has 0 aliphatic carbocycles. The molecule has 0 aromatic carbocycles. The highest BCUT2D eigenvalue weighted by Crippen LogP contribution is 2.32. The molecular formula is C11H19F3O3S2Si. The molecule has 0 radical (unpaired) electrons. The van der Waals surface area contributed by atoms with Crippen molar-refractivity contribution in [1.82, 2.24) is 0 Å². The number of rotatable bonds is 7. The lowest BCUT2D eigenvalue weighted by atomic mass is 10.2. The summed E-state index contributed by atoms with van der Waals surface area (Å²) in [4.78, 5) is 10.8. The predicted octanol–water partition coefficient (Wildman–Crippen LogP) is 2.93. The molecule has 0 aromatic rings. The summed E-state index contributed by atoms with van der Waals surface area (Å²) >= 11 is 6.06. The molecule has 2 unspecified atom stereocenters. The van der Waals surface area contributed by atoms with Crippen LogP contribution in [0.4, 0.5) is 13.2 Å². The molecule has 0 aliphatic rings. The fourth-order valence-electron chi connectivity index (χ4n) is 1.52. The van der Waals surface area contributed by atoms with Crippen LogP contribution in [0.5, 0.6) is 0 Å². The van der Waals surface area contributed by atoms with E-state index in [0.717, 1.165) is 18.7 Å². The lowest BCUT2D eigenvalue weighted by molar-refractivity contribution is -0.221. The highest BCUT2D eigenvalue weighted by atomic mass is 32.2. The third-order valence-electron chi connectivity index (χ3n) is 2.29. The first kappa shape index (κ1) is 19.7. The van der Waals surface area contributed by atoms with Crippen molar-refractivity contribution in [3.8, 4) is 0 Å². The Kier molecular flexibility index (Phi) is 9.48. The Morgan fingerprint density at radius 1 is 1.45 bits per heavy atom. The number of hydrogen-bond donors (Lipinski definition) is 0. The van der Waals surface area contributed by atoms with Crippen LogP contribution in [0.1, 0.15) is 20.3 Å². The number of hydrogen-bond acceptors (Lipinski definition) is 5. The predicted molar refractivity (Wildman–Crippen MR) is 81.0 cm³/mol. The zero-order chi connectivity index (χ0) is 15.8. The minimum Gasteiger partial charge on any atom is -0.479 e. The van der Waals surface area contributed by atoms with Crippen LogP contribution in [0.25, 0.3) is 0 Å². The molecule has 20 heavy (non-hydrogen) atoms. The Balaban J connectivity index is 4.72. The smallest absolute Gasteiger partial charge is 0.425 e. The molecule has 0 aromatic heterocycles. The van der Waals surface area contributed by atoms with Crippen molar-refractivity contribution in [1.29, 1.82) is 0 Å². The number of thiocarbonyl (C=S) groups is 1. The van der Waals surface area contributed by atoms with Gasteiger partial charge in [0.15, 0.2) is 6.10 Å². The fourth-order valence-corrected chi connectivity index (χ4v) is 4.84. The molecule has 0 saturated carbocycles. The third-order valence-corrected chi connectivity index (χ3v) is 5.46. The van der Waals surface area contributed by atoms with Gasteiger partial charge in [0.1, 0.15) is 0 Å². The molecular weight excluding hydrogens is 329 g/mol. The van der Waals surface area contributed by atoms with Gasteiger partial charge in [-0.15, -0.1) is 0 Å². The fraction of sp³-hybridized carbons (Fsp3) is 0.818. The number of ether oxygens (including phenoxy) is 2. The molecule has 2 atom stereocenters. The molecule has 0 rings (SSSR count). The van der Waals surface area contributed by atoms with Gasteiger partial charge in [-0.25, -0.2) is 0 Å².